The molecular formula is C37H39N3O9. The fraction of sp³-hybridized carbons (Fsp3) is 0.297. The second-order valence-corrected chi connectivity index (χ2v) is 12.0. The number of fused-ring (bicyclic) bond motifs is 1. The Balaban J connectivity index is 1.36. The first kappa shape index (κ1) is 33.3. The zero-order chi connectivity index (χ0) is 34.5. The highest BCUT2D eigenvalue weighted by Crippen LogP contribution is 2.34. The van der Waals surface area contributed by atoms with Crippen LogP contribution in [0.15, 0.2) is 84.9 Å². The number of phenolic OH excluding ortho intramolecular Hbond substituents is 2. The van der Waals surface area contributed by atoms with Gasteiger partial charge < -0.3 is 39.2 Å². The Hall–Kier alpha value is -5.62. The number of nitrogens with zero attached hydrogens (tertiary/aromatic N) is 3. The number of carbonyl (C=O) groups is 2. The molecule has 4 aromatic rings. The highest BCUT2D eigenvalue weighted by atomic mass is 16.7. The number of hydrazine groups is 1. The van der Waals surface area contributed by atoms with Crippen LogP contribution in [0.5, 0.6) is 34.5 Å². The molecule has 2 atom stereocenters. The second-order valence-electron chi connectivity index (χ2n) is 12.0. The molecule has 0 radical (unpaired) electrons. The lowest BCUT2D eigenvalue weighted by molar-refractivity contribution is -0.147. The Morgan fingerprint density at radius 3 is 2.10 bits per heavy atom. The molecule has 12 heteroatoms. The number of aliphatic hydroxyl groups excluding tert-OH is 1. The Morgan fingerprint density at radius 2 is 1.43 bits per heavy atom. The number of hydrogen-bond acceptors (Lipinski definition) is 9. The molecule has 6 rings (SSSR count). The van der Waals surface area contributed by atoms with Crippen LogP contribution in [0.2, 0.25) is 0 Å². The Labute approximate surface area is 284 Å². The number of β-amino-alcohol motifs (C(OH)–C–C–N with tert-alkyl or cyclic N) is 1. The summed E-state index contributed by atoms with van der Waals surface area (Å²) in [5, 5.41) is 35.0. The molecule has 4 aromatic carbocycles. The third-order valence-corrected chi connectivity index (χ3v) is 8.78. The number of urea groups is 1. The van der Waals surface area contributed by atoms with E-state index in [9.17, 15) is 24.9 Å². The van der Waals surface area contributed by atoms with Crippen molar-refractivity contribution in [2.45, 2.75) is 44.5 Å². The van der Waals surface area contributed by atoms with E-state index >= 15 is 0 Å². The topological polar surface area (TPSA) is 141 Å². The standard InChI is InChI=1S/C37H39N3O9/c1-46-33-18-26(8-12-29(33)41)20-38-28(16-24-6-4-3-5-7-24)31(43)22-39(36(44)15-11-25-10-14-32-35(17-25)49-23-48-32)40(37(38)45)21-27-9-13-30(42)34(19-27)47-2/h3-10,12-14,17-19,28,31,41-43H,11,15-16,20-23H2,1-2H3/t28-,31-/m1/s1. The lowest BCUT2D eigenvalue weighted by Gasteiger charge is -2.36. The fourth-order valence-corrected chi connectivity index (χ4v) is 6.16. The quantitative estimate of drug-likeness (QED) is 0.209. The number of methoxy groups -OCH3 is 2. The lowest BCUT2D eigenvalue weighted by Crippen LogP contribution is -2.52. The van der Waals surface area contributed by atoms with Gasteiger partial charge in [0.1, 0.15) is 0 Å². The maximum atomic E-state index is 14.8. The first-order valence-electron chi connectivity index (χ1n) is 15.9. The van der Waals surface area contributed by atoms with Crippen molar-refractivity contribution in [1.29, 1.82) is 0 Å². The van der Waals surface area contributed by atoms with E-state index in [1.807, 2.05) is 42.5 Å². The number of carbonyl (C=O) groups excluding carboxylic acids is 2. The number of ether oxygens (including phenoxy) is 4. The van der Waals surface area contributed by atoms with Crippen LogP contribution in [-0.4, -0.2) is 81.9 Å². The van der Waals surface area contributed by atoms with Gasteiger partial charge in [-0.2, -0.15) is 0 Å². The first-order chi connectivity index (χ1) is 23.7. The summed E-state index contributed by atoms with van der Waals surface area (Å²) >= 11 is 0. The van der Waals surface area contributed by atoms with Crippen molar-refractivity contribution in [3.63, 3.8) is 0 Å². The highest BCUT2D eigenvalue weighted by molar-refractivity contribution is 5.82. The fourth-order valence-electron chi connectivity index (χ4n) is 6.16. The van der Waals surface area contributed by atoms with E-state index in [-0.39, 0.29) is 61.8 Å². The molecule has 12 nitrogen and oxygen atoms in total. The molecule has 2 aliphatic heterocycles. The molecule has 2 heterocycles. The maximum absolute atomic E-state index is 14.8. The highest BCUT2D eigenvalue weighted by Gasteiger charge is 2.42. The van der Waals surface area contributed by atoms with Crippen molar-refractivity contribution in [3.8, 4) is 34.5 Å². The average Bonchev–Trinajstić information content (AvgIpc) is 3.56. The summed E-state index contributed by atoms with van der Waals surface area (Å²) in [6.45, 7) is -0.00201. The molecule has 0 unspecified atom stereocenters. The number of phenols is 2. The minimum absolute atomic E-state index is 0.0450. The van der Waals surface area contributed by atoms with Crippen LogP contribution in [-0.2, 0) is 30.7 Å². The molecule has 1 fully saturated rings. The maximum Gasteiger partial charge on any atom is 0.339 e. The van der Waals surface area contributed by atoms with E-state index in [1.165, 1.54) is 36.4 Å². The summed E-state index contributed by atoms with van der Waals surface area (Å²) in [4.78, 5) is 30.5. The van der Waals surface area contributed by atoms with Crippen LogP contribution in [0.4, 0.5) is 4.79 Å². The number of benzene rings is 4. The summed E-state index contributed by atoms with van der Waals surface area (Å²) in [7, 11) is 2.87. The number of aromatic hydroxyl groups is 2. The summed E-state index contributed by atoms with van der Waals surface area (Å²) in [6, 6.07) is 23.4. The molecule has 0 bridgehead atoms. The molecule has 3 N–H and O–H groups in total. The van der Waals surface area contributed by atoms with Crippen molar-refractivity contribution in [2.75, 3.05) is 27.6 Å². The van der Waals surface area contributed by atoms with Crippen LogP contribution < -0.4 is 18.9 Å². The summed E-state index contributed by atoms with van der Waals surface area (Å²) < 4.78 is 21.6. The van der Waals surface area contributed by atoms with Crippen molar-refractivity contribution in [3.05, 3.63) is 107 Å². The van der Waals surface area contributed by atoms with Gasteiger partial charge in [0, 0.05) is 13.0 Å². The Kier molecular flexibility index (Phi) is 9.95. The molecular weight excluding hydrogens is 630 g/mol. The summed E-state index contributed by atoms with van der Waals surface area (Å²) in [6.07, 6.45) is -0.393. The third-order valence-electron chi connectivity index (χ3n) is 8.78. The number of aryl methyl sites for hydroxylation is 1. The van der Waals surface area contributed by atoms with E-state index in [1.54, 1.807) is 35.2 Å². The predicted octanol–water partition coefficient (Wildman–Crippen LogP) is 4.63. The normalized spacial score (nSPS) is 17.2. The van der Waals surface area contributed by atoms with Crippen LogP contribution >= 0.6 is 0 Å². The molecule has 2 aliphatic rings. The summed E-state index contributed by atoms with van der Waals surface area (Å²) in [5.41, 5.74) is 3.02. The lowest BCUT2D eigenvalue weighted by atomic mass is 9.99. The van der Waals surface area contributed by atoms with Crippen molar-refractivity contribution in [2.24, 2.45) is 0 Å². The molecule has 0 aromatic heterocycles. The molecule has 3 amide bonds. The van der Waals surface area contributed by atoms with Gasteiger partial charge in [-0.05, 0) is 71.5 Å². The van der Waals surface area contributed by atoms with Gasteiger partial charge >= 0.3 is 6.03 Å². The average molecular weight is 670 g/mol. The summed E-state index contributed by atoms with van der Waals surface area (Å²) in [5.74, 6) is 1.25. The molecule has 0 spiro atoms. The van der Waals surface area contributed by atoms with Gasteiger partial charge in [-0.1, -0.05) is 48.5 Å². The van der Waals surface area contributed by atoms with Crippen molar-refractivity contribution < 1.29 is 43.9 Å². The zero-order valence-electron chi connectivity index (χ0n) is 27.3. The van der Waals surface area contributed by atoms with E-state index in [0.29, 0.717) is 35.5 Å². The van der Waals surface area contributed by atoms with E-state index in [0.717, 1.165) is 11.1 Å². The van der Waals surface area contributed by atoms with Gasteiger partial charge in [0.05, 0.1) is 39.5 Å². The van der Waals surface area contributed by atoms with Crippen LogP contribution in [0.1, 0.15) is 28.7 Å². The van der Waals surface area contributed by atoms with Gasteiger partial charge in [-0.15, -0.1) is 0 Å². The van der Waals surface area contributed by atoms with Gasteiger partial charge in [0.25, 0.3) is 0 Å². The number of aliphatic hydroxyl groups is 1. The van der Waals surface area contributed by atoms with E-state index in [4.69, 9.17) is 18.9 Å². The Bertz CT molecular complexity index is 1800. The monoisotopic (exact) mass is 669 g/mol. The van der Waals surface area contributed by atoms with Crippen LogP contribution in [0.3, 0.4) is 0 Å². The van der Waals surface area contributed by atoms with Crippen LogP contribution in [0.25, 0.3) is 0 Å². The van der Waals surface area contributed by atoms with Crippen molar-refractivity contribution >= 4 is 11.9 Å². The van der Waals surface area contributed by atoms with Crippen molar-refractivity contribution in [1.82, 2.24) is 14.9 Å². The predicted molar refractivity (Wildman–Crippen MR) is 178 cm³/mol. The van der Waals surface area contributed by atoms with E-state index in [2.05, 4.69) is 0 Å². The Morgan fingerprint density at radius 1 is 0.796 bits per heavy atom. The third kappa shape index (κ3) is 7.44. The minimum Gasteiger partial charge on any atom is -0.504 e. The van der Waals surface area contributed by atoms with Crippen LogP contribution in [0, 0.1) is 0 Å². The molecule has 256 valence electrons. The number of amides is 3. The van der Waals surface area contributed by atoms with Gasteiger partial charge in [-0.3, -0.25) is 4.79 Å². The first-order valence-corrected chi connectivity index (χ1v) is 15.9. The SMILES string of the molecule is COc1cc(CN2C(=O)N(Cc3ccc(O)c(OC)c3)N(C(=O)CCc3ccc4c(c3)OCO4)C[C@@H](O)[C@H]2Cc2ccccc2)ccc1O. The van der Waals surface area contributed by atoms with Gasteiger partial charge in [0.15, 0.2) is 34.5 Å². The number of rotatable bonds is 11. The molecule has 1 saturated heterocycles. The number of hydrogen-bond donors (Lipinski definition) is 3. The van der Waals surface area contributed by atoms with E-state index < -0.39 is 18.2 Å². The minimum atomic E-state index is -1.13. The molecule has 0 aliphatic carbocycles. The largest absolute Gasteiger partial charge is 0.504 e. The zero-order valence-corrected chi connectivity index (χ0v) is 27.3. The van der Waals surface area contributed by atoms with Gasteiger partial charge in [0.2, 0.25) is 12.7 Å². The molecule has 49 heavy (non-hydrogen) atoms. The second kappa shape index (κ2) is 14.7. The van der Waals surface area contributed by atoms with Gasteiger partial charge in [-0.25, -0.2) is 14.8 Å². The molecule has 0 saturated carbocycles. The smallest absolute Gasteiger partial charge is 0.339 e.